The Kier molecular flexibility index (Phi) is 5.90. The summed E-state index contributed by atoms with van der Waals surface area (Å²) < 4.78 is 5.18. The lowest BCUT2D eigenvalue weighted by Gasteiger charge is -2.17. The van der Waals surface area contributed by atoms with Crippen molar-refractivity contribution in [3.63, 3.8) is 0 Å². The van der Waals surface area contributed by atoms with Crippen LogP contribution in [-0.4, -0.2) is 25.6 Å². The number of carbonyl (C=O) groups excluding carboxylic acids is 1. The van der Waals surface area contributed by atoms with Gasteiger partial charge in [0.05, 0.1) is 13.7 Å². The molecule has 1 aromatic carbocycles. The fourth-order valence-electron chi connectivity index (χ4n) is 2.84. The number of nitrogens with one attached hydrogen (secondary N) is 2. The first-order valence-corrected chi connectivity index (χ1v) is 7.87. The smallest absolute Gasteiger partial charge is 0.239 e. The van der Waals surface area contributed by atoms with E-state index in [9.17, 15) is 4.79 Å². The minimum absolute atomic E-state index is 0.0807. The Hall–Kier alpha value is -1.71. The van der Waals surface area contributed by atoms with Crippen molar-refractivity contribution in [1.29, 1.82) is 0 Å². The molecule has 1 saturated carbocycles. The number of methoxy groups -OCH3 is 1. The lowest BCUT2D eigenvalue weighted by atomic mass is 10.1. The third kappa shape index (κ3) is 4.96. The van der Waals surface area contributed by atoms with Gasteiger partial charge in [-0.1, -0.05) is 25.7 Å². The highest BCUT2D eigenvalue weighted by molar-refractivity contribution is 5.81. The summed E-state index contributed by atoms with van der Waals surface area (Å²) in [5.41, 5.74) is 2.06. The van der Waals surface area contributed by atoms with Gasteiger partial charge in [-0.2, -0.15) is 0 Å². The van der Waals surface area contributed by atoms with Crippen molar-refractivity contribution >= 4 is 11.6 Å². The van der Waals surface area contributed by atoms with Gasteiger partial charge in [0, 0.05) is 11.7 Å². The Morgan fingerprint density at radius 2 is 1.95 bits per heavy atom. The highest BCUT2D eigenvalue weighted by Crippen LogP contribution is 2.21. The van der Waals surface area contributed by atoms with Crippen molar-refractivity contribution < 1.29 is 9.53 Å². The van der Waals surface area contributed by atoms with Crippen molar-refractivity contribution in [3.05, 3.63) is 23.8 Å². The molecule has 0 unspecified atom stereocenters. The quantitative estimate of drug-likeness (QED) is 0.818. The first kappa shape index (κ1) is 15.7. The molecule has 2 rings (SSSR count). The van der Waals surface area contributed by atoms with Crippen LogP contribution in [0.2, 0.25) is 0 Å². The van der Waals surface area contributed by atoms with Crippen molar-refractivity contribution in [1.82, 2.24) is 5.32 Å². The standard InChI is InChI=1S/C17H26N2O2/c1-13-11-15(21-2)9-10-16(13)18-12-17(20)19-14-7-5-3-4-6-8-14/h9-11,14,18H,3-8,12H2,1-2H3,(H,19,20). The second-order valence-electron chi connectivity index (χ2n) is 5.79. The van der Waals surface area contributed by atoms with Gasteiger partial charge < -0.3 is 15.4 Å². The molecule has 1 amide bonds. The van der Waals surface area contributed by atoms with Gasteiger partial charge in [0.2, 0.25) is 5.91 Å². The first-order chi connectivity index (χ1) is 10.2. The highest BCUT2D eigenvalue weighted by atomic mass is 16.5. The van der Waals surface area contributed by atoms with Crippen LogP contribution in [0.25, 0.3) is 0 Å². The molecule has 4 nitrogen and oxygen atoms in total. The number of rotatable bonds is 5. The number of anilines is 1. The van der Waals surface area contributed by atoms with Gasteiger partial charge in [-0.25, -0.2) is 0 Å². The maximum atomic E-state index is 12.0. The molecule has 2 N–H and O–H groups in total. The van der Waals surface area contributed by atoms with Crippen LogP contribution in [-0.2, 0) is 4.79 Å². The fraction of sp³-hybridized carbons (Fsp3) is 0.588. The zero-order valence-electron chi connectivity index (χ0n) is 13.1. The molecule has 4 heteroatoms. The van der Waals surface area contributed by atoms with Crippen LogP contribution in [0, 0.1) is 6.92 Å². The lowest BCUT2D eigenvalue weighted by Crippen LogP contribution is -2.38. The van der Waals surface area contributed by atoms with Crippen molar-refractivity contribution in [3.8, 4) is 5.75 Å². The van der Waals surface area contributed by atoms with E-state index in [1.54, 1.807) is 7.11 Å². The van der Waals surface area contributed by atoms with E-state index in [0.717, 1.165) is 29.8 Å². The molecule has 116 valence electrons. The number of carbonyl (C=O) groups is 1. The lowest BCUT2D eigenvalue weighted by molar-refractivity contribution is -0.120. The summed E-state index contributed by atoms with van der Waals surface area (Å²) in [6.45, 7) is 2.33. The predicted octanol–water partition coefficient (Wildman–Crippen LogP) is 3.25. The largest absolute Gasteiger partial charge is 0.497 e. The van der Waals surface area contributed by atoms with E-state index < -0.39 is 0 Å². The predicted molar refractivity (Wildman–Crippen MR) is 85.9 cm³/mol. The monoisotopic (exact) mass is 290 g/mol. The normalized spacial score (nSPS) is 16.1. The molecule has 0 radical (unpaired) electrons. The average Bonchev–Trinajstić information content (AvgIpc) is 2.74. The van der Waals surface area contributed by atoms with Crippen LogP contribution in [0.15, 0.2) is 18.2 Å². The van der Waals surface area contributed by atoms with Gasteiger partial charge in [0.15, 0.2) is 0 Å². The van der Waals surface area contributed by atoms with Crippen LogP contribution in [0.5, 0.6) is 5.75 Å². The molecule has 0 spiro atoms. The van der Waals surface area contributed by atoms with E-state index in [1.807, 2.05) is 25.1 Å². The zero-order valence-corrected chi connectivity index (χ0v) is 13.1. The van der Waals surface area contributed by atoms with E-state index in [0.29, 0.717) is 12.6 Å². The Morgan fingerprint density at radius 3 is 2.57 bits per heavy atom. The molecule has 0 saturated heterocycles. The molecule has 1 aliphatic rings. The zero-order chi connectivity index (χ0) is 15.1. The summed E-state index contributed by atoms with van der Waals surface area (Å²) in [4.78, 5) is 12.0. The van der Waals surface area contributed by atoms with E-state index in [-0.39, 0.29) is 5.91 Å². The Morgan fingerprint density at radius 1 is 1.24 bits per heavy atom. The van der Waals surface area contributed by atoms with Gasteiger partial charge >= 0.3 is 0 Å². The van der Waals surface area contributed by atoms with E-state index >= 15 is 0 Å². The van der Waals surface area contributed by atoms with Crippen molar-refractivity contribution in [2.75, 3.05) is 19.0 Å². The van der Waals surface area contributed by atoms with E-state index in [2.05, 4.69) is 10.6 Å². The number of ether oxygens (including phenoxy) is 1. The van der Waals surface area contributed by atoms with Crippen LogP contribution in [0.1, 0.15) is 44.1 Å². The molecule has 1 fully saturated rings. The van der Waals surface area contributed by atoms with E-state index in [1.165, 1.54) is 25.7 Å². The van der Waals surface area contributed by atoms with Crippen molar-refractivity contribution in [2.45, 2.75) is 51.5 Å². The minimum Gasteiger partial charge on any atom is -0.497 e. The molecule has 1 aromatic rings. The highest BCUT2D eigenvalue weighted by Gasteiger charge is 2.14. The molecule has 0 atom stereocenters. The summed E-state index contributed by atoms with van der Waals surface area (Å²) in [6, 6.07) is 6.18. The summed E-state index contributed by atoms with van der Waals surface area (Å²) in [6.07, 6.45) is 7.30. The molecular weight excluding hydrogens is 264 g/mol. The van der Waals surface area contributed by atoms with Crippen molar-refractivity contribution in [2.24, 2.45) is 0 Å². The molecule has 0 aromatic heterocycles. The average molecular weight is 290 g/mol. The molecule has 1 aliphatic carbocycles. The number of hydrogen-bond acceptors (Lipinski definition) is 3. The second-order valence-corrected chi connectivity index (χ2v) is 5.79. The molecule has 0 bridgehead atoms. The number of amides is 1. The first-order valence-electron chi connectivity index (χ1n) is 7.87. The van der Waals surface area contributed by atoms with Crippen LogP contribution < -0.4 is 15.4 Å². The van der Waals surface area contributed by atoms with Gasteiger partial charge in [-0.15, -0.1) is 0 Å². The third-order valence-corrected chi connectivity index (χ3v) is 4.09. The number of hydrogen-bond donors (Lipinski definition) is 2. The van der Waals surface area contributed by atoms with E-state index in [4.69, 9.17) is 4.74 Å². The molecular formula is C17H26N2O2. The maximum absolute atomic E-state index is 12.0. The molecule has 21 heavy (non-hydrogen) atoms. The Bertz CT molecular complexity index is 466. The summed E-state index contributed by atoms with van der Waals surface area (Å²) in [7, 11) is 1.65. The topological polar surface area (TPSA) is 50.4 Å². The molecule has 0 heterocycles. The Balaban J connectivity index is 1.80. The van der Waals surface area contributed by atoms with Crippen LogP contribution >= 0.6 is 0 Å². The number of aryl methyl sites for hydroxylation is 1. The van der Waals surface area contributed by atoms with Gasteiger partial charge in [0.25, 0.3) is 0 Å². The summed E-state index contributed by atoms with van der Waals surface area (Å²) >= 11 is 0. The van der Waals surface area contributed by atoms with Crippen LogP contribution in [0.4, 0.5) is 5.69 Å². The SMILES string of the molecule is COc1ccc(NCC(=O)NC2CCCCCC2)c(C)c1. The number of benzene rings is 1. The van der Waals surface area contributed by atoms with Gasteiger partial charge in [0.1, 0.15) is 5.75 Å². The minimum atomic E-state index is 0.0807. The fourth-order valence-corrected chi connectivity index (χ4v) is 2.84. The van der Waals surface area contributed by atoms with Crippen LogP contribution in [0.3, 0.4) is 0 Å². The second kappa shape index (κ2) is 7.91. The third-order valence-electron chi connectivity index (χ3n) is 4.09. The summed E-state index contributed by atoms with van der Waals surface area (Å²) in [5.74, 6) is 0.915. The molecule has 0 aliphatic heterocycles. The Labute approximate surface area is 127 Å². The maximum Gasteiger partial charge on any atom is 0.239 e. The van der Waals surface area contributed by atoms with Gasteiger partial charge in [-0.3, -0.25) is 4.79 Å². The van der Waals surface area contributed by atoms with Gasteiger partial charge in [-0.05, 0) is 43.5 Å². The summed E-state index contributed by atoms with van der Waals surface area (Å²) in [5, 5.41) is 6.35.